The quantitative estimate of drug-likeness (QED) is 0.620. The fraction of sp³-hybridized carbons (Fsp3) is 1.00. The summed E-state index contributed by atoms with van der Waals surface area (Å²) in [5, 5.41) is 9.30. The third-order valence-electron chi connectivity index (χ3n) is 1.48. The van der Waals surface area contributed by atoms with E-state index in [1.54, 1.807) is 0 Å². The van der Waals surface area contributed by atoms with Gasteiger partial charge in [0.05, 0.1) is 6.10 Å². The van der Waals surface area contributed by atoms with Crippen LogP contribution in [0.3, 0.4) is 0 Å². The molecular formula is C8H18O. The van der Waals surface area contributed by atoms with Gasteiger partial charge in [-0.15, -0.1) is 0 Å². The molecule has 0 rings (SSSR count). The summed E-state index contributed by atoms with van der Waals surface area (Å²) in [6.07, 6.45) is 0.822. The van der Waals surface area contributed by atoms with Crippen molar-refractivity contribution in [1.29, 1.82) is 0 Å². The van der Waals surface area contributed by atoms with Gasteiger partial charge in [-0.25, -0.2) is 0 Å². The van der Waals surface area contributed by atoms with Crippen LogP contribution in [-0.4, -0.2) is 11.2 Å². The van der Waals surface area contributed by atoms with E-state index in [0.29, 0.717) is 11.8 Å². The van der Waals surface area contributed by atoms with Crippen molar-refractivity contribution < 1.29 is 5.11 Å². The first-order valence-electron chi connectivity index (χ1n) is 3.72. The van der Waals surface area contributed by atoms with Crippen molar-refractivity contribution in [2.75, 3.05) is 0 Å². The molecule has 0 aliphatic carbocycles. The summed E-state index contributed by atoms with van der Waals surface area (Å²) >= 11 is 0. The van der Waals surface area contributed by atoms with Crippen LogP contribution in [0.15, 0.2) is 0 Å². The van der Waals surface area contributed by atoms with Crippen molar-refractivity contribution in [3.63, 3.8) is 0 Å². The molecule has 0 saturated carbocycles. The number of aliphatic hydroxyl groups is 1. The highest BCUT2D eigenvalue weighted by Gasteiger charge is 2.09. The molecule has 56 valence electrons. The van der Waals surface area contributed by atoms with E-state index in [1.165, 1.54) is 0 Å². The lowest BCUT2D eigenvalue weighted by atomic mass is 9.98. The molecule has 0 aliphatic heterocycles. The van der Waals surface area contributed by atoms with Crippen LogP contribution < -0.4 is 0 Å². The van der Waals surface area contributed by atoms with Crippen molar-refractivity contribution in [2.45, 2.75) is 40.2 Å². The van der Waals surface area contributed by atoms with Gasteiger partial charge in [0.15, 0.2) is 0 Å². The summed E-state index contributed by atoms with van der Waals surface area (Å²) in [6, 6.07) is 0. The lowest BCUT2D eigenvalue weighted by Crippen LogP contribution is -2.16. The topological polar surface area (TPSA) is 20.2 Å². The van der Waals surface area contributed by atoms with Gasteiger partial charge in [-0.1, -0.05) is 27.7 Å². The Hall–Kier alpha value is -0.0400. The first-order chi connectivity index (χ1) is 4.04. The Morgan fingerprint density at radius 2 is 1.56 bits per heavy atom. The largest absolute Gasteiger partial charge is 0.393 e. The molecule has 1 N–H and O–H groups in total. The molecule has 0 amide bonds. The summed E-state index contributed by atoms with van der Waals surface area (Å²) in [5.41, 5.74) is 0. The molecule has 0 aliphatic rings. The summed E-state index contributed by atoms with van der Waals surface area (Å²) in [5.74, 6) is 1.02. The highest BCUT2D eigenvalue weighted by atomic mass is 16.3. The van der Waals surface area contributed by atoms with Crippen LogP contribution in [0.25, 0.3) is 0 Å². The van der Waals surface area contributed by atoms with Gasteiger partial charge in [0.1, 0.15) is 0 Å². The van der Waals surface area contributed by atoms with Crippen molar-refractivity contribution in [2.24, 2.45) is 11.8 Å². The second-order valence-electron chi connectivity index (χ2n) is 3.44. The Labute approximate surface area is 58.1 Å². The highest BCUT2D eigenvalue weighted by Crippen LogP contribution is 2.11. The highest BCUT2D eigenvalue weighted by molar-refractivity contribution is 4.61. The van der Waals surface area contributed by atoms with Gasteiger partial charge < -0.3 is 5.11 Å². The SMILES string of the molecule is CC(C)CC(O)C(C)C. The van der Waals surface area contributed by atoms with Crippen molar-refractivity contribution in [3.05, 3.63) is 0 Å². The Kier molecular flexibility index (Phi) is 3.87. The van der Waals surface area contributed by atoms with Gasteiger partial charge in [0, 0.05) is 0 Å². The second-order valence-corrected chi connectivity index (χ2v) is 3.44. The van der Waals surface area contributed by atoms with Crippen molar-refractivity contribution in [1.82, 2.24) is 0 Å². The average Bonchev–Trinajstić information content (AvgIpc) is 1.63. The van der Waals surface area contributed by atoms with Crippen LogP contribution in [0.4, 0.5) is 0 Å². The smallest absolute Gasteiger partial charge is 0.0565 e. The standard InChI is InChI=1S/C8H18O/c1-6(2)5-8(9)7(3)4/h6-9H,5H2,1-4H3. The summed E-state index contributed by atoms with van der Waals surface area (Å²) in [6.45, 7) is 8.36. The Balaban J connectivity index is 3.38. The lowest BCUT2D eigenvalue weighted by molar-refractivity contribution is 0.103. The van der Waals surface area contributed by atoms with E-state index in [2.05, 4.69) is 13.8 Å². The molecule has 1 atom stereocenters. The molecule has 0 fully saturated rings. The zero-order chi connectivity index (χ0) is 7.44. The first kappa shape index (κ1) is 8.96. The lowest BCUT2D eigenvalue weighted by Gasteiger charge is -2.15. The maximum atomic E-state index is 9.30. The van der Waals surface area contributed by atoms with E-state index in [4.69, 9.17) is 0 Å². The first-order valence-corrected chi connectivity index (χ1v) is 3.72. The molecule has 9 heavy (non-hydrogen) atoms. The molecule has 1 unspecified atom stereocenters. The Bertz CT molecular complexity index is 67.0. The molecule has 0 saturated heterocycles. The number of hydrogen-bond donors (Lipinski definition) is 1. The molecular weight excluding hydrogens is 112 g/mol. The maximum absolute atomic E-state index is 9.30. The van der Waals surface area contributed by atoms with E-state index >= 15 is 0 Å². The van der Waals surface area contributed by atoms with E-state index in [9.17, 15) is 5.11 Å². The molecule has 0 bridgehead atoms. The summed E-state index contributed by atoms with van der Waals surface area (Å²) < 4.78 is 0. The second kappa shape index (κ2) is 3.89. The zero-order valence-corrected chi connectivity index (χ0v) is 6.89. The normalized spacial score (nSPS) is 15.0. The van der Waals surface area contributed by atoms with Gasteiger partial charge >= 0.3 is 0 Å². The van der Waals surface area contributed by atoms with E-state index < -0.39 is 0 Å². The molecule has 0 heterocycles. The van der Waals surface area contributed by atoms with Crippen molar-refractivity contribution in [3.8, 4) is 0 Å². The Morgan fingerprint density at radius 1 is 1.11 bits per heavy atom. The van der Waals surface area contributed by atoms with Gasteiger partial charge in [0.25, 0.3) is 0 Å². The molecule has 0 aromatic heterocycles. The van der Waals surface area contributed by atoms with Crippen LogP contribution in [0, 0.1) is 11.8 Å². The van der Waals surface area contributed by atoms with Crippen LogP contribution in [0.5, 0.6) is 0 Å². The fourth-order valence-electron chi connectivity index (χ4n) is 0.755. The van der Waals surface area contributed by atoms with Gasteiger partial charge in [-0.2, -0.15) is 0 Å². The predicted octanol–water partition coefficient (Wildman–Crippen LogP) is 2.05. The Morgan fingerprint density at radius 3 is 1.67 bits per heavy atom. The van der Waals surface area contributed by atoms with Crippen molar-refractivity contribution >= 4 is 0 Å². The van der Waals surface area contributed by atoms with E-state index in [0.717, 1.165) is 6.42 Å². The predicted molar refractivity (Wildman–Crippen MR) is 40.3 cm³/mol. The van der Waals surface area contributed by atoms with Crippen LogP contribution in [-0.2, 0) is 0 Å². The van der Waals surface area contributed by atoms with Gasteiger partial charge in [0.2, 0.25) is 0 Å². The van der Waals surface area contributed by atoms with Crippen LogP contribution in [0.2, 0.25) is 0 Å². The monoisotopic (exact) mass is 130 g/mol. The molecule has 1 heteroatoms. The molecule has 0 aromatic carbocycles. The molecule has 0 aromatic rings. The molecule has 1 nitrogen and oxygen atoms in total. The third-order valence-corrected chi connectivity index (χ3v) is 1.48. The summed E-state index contributed by atoms with van der Waals surface area (Å²) in [7, 11) is 0. The minimum absolute atomic E-state index is 0.106. The molecule has 0 spiro atoms. The maximum Gasteiger partial charge on any atom is 0.0565 e. The number of rotatable bonds is 3. The number of aliphatic hydroxyl groups excluding tert-OH is 1. The fourth-order valence-corrected chi connectivity index (χ4v) is 0.755. The minimum Gasteiger partial charge on any atom is -0.393 e. The zero-order valence-electron chi connectivity index (χ0n) is 6.89. The van der Waals surface area contributed by atoms with E-state index in [1.807, 2.05) is 13.8 Å². The minimum atomic E-state index is -0.106. The average molecular weight is 130 g/mol. The third kappa shape index (κ3) is 4.46. The molecule has 0 radical (unpaired) electrons. The van der Waals surface area contributed by atoms with Crippen LogP contribution >= 0.6 is 0 Å². The van der Waals surface area contributed by atoms with E-state index in [-0.39, 0.29) is 6.10 Å². The van der Waals surface area contributed by atoms with Gasteiger partial charge in [-0.05, 0) is 18.3 Å². The van der Waals surface area contributed by atoms with Gasteiger partial charge in [-0.3, -0.25) is 0 Å². The number of hydrogen-bond acceptors (Lipinski definition) is 1. The summed E-state index contributed by atoms with van der Waals surface area (Å²) in [4.78, 5) is 0. The van der Waals surface area contributed by atoms with Crippen LogP contribution in [0.1, 0.15) is 34.1 Å².